The highest BCUT2D eigenvalue weighted by atomic mass is 19.3. The molecule has 0 bridgehead atoms. The van der Waals surface area contributed by atoms with Crippen LogP contribution in [0.4, 0.5) is 8.78 Å². The van der Waals surface area contributed by atoms with Crippen LogP contribution in [-0.4, -0.2) is 36.2 Å². The highest BCUT2D eigenvalue weighted by Crippen LogP contribution is 2.45. The molecule has 2 heterocycles. The summed E-state index contributed by atoms with van der Waals surface area (Å²) in [4.78, 5) is 17.6. The van der Waals surface area contributed by atoms with E-state index in [1.807, 2.05) is 55.5 Å². The van der Waals surface area contributed by atoms with E-state index in [1.165, 1.54) is 13.8 Å². The molecule has 5 rings (SSSR count). The highest BCUT2D eigenvalue weighted by Gasteiger charge is 2.37. The van der Waals surface area contributed by atoms with Crippen LogP contribution in [0.25, 0.3) is 32.8 Å². The van der Waals surface area contributed by atoms with Crippen LogP contribution >= 0.6 is 0 Å². The van der Waals surface area contributed by atoms with Crippen molar-refractivity contribution in [1.82, 2.24) is 4.98 Å². The van der Waals surface area contributed by atoms with Crippen LogP contribution in [0.3, 0.4) is 0 Å². The number of carbonyl (C=O) groups is 1. The van der Waals surface area contributed by atoms with E-state index in [0.29, 0.717) is 12.2 Å². The molecule has 7 heteroatoms. The molecule has 0 fully saturated rings. The number of carbonyl (C=O) groups excluding carboxylic acids is 1. The number of ether oxygens (including phenoxy) is 3. The topological polar surface area (TPSA) is 57.7 Å². The van der Waals surface area contributed by atoms with E-state index < -0.39 is 29.5 Å². The lowest BCUT2D eigenvalue weighted by Crippen LogP contribution is -2.37. The zero-order valence-electron chi connectivity index (χ0n) is 23.8. The maximum atomic E-state index is 14.1. The predicted molar refractivity (Wildman–Crippen MR) is 153 cm³/mol. The molecular weight excluding hydrogens is 512 g/mol. The van der Waals surface area contributed by atoms with Gasteiger partial charge in [0.05, 0.1) is 17.5 Å². The third-order valence-corrected chi connectivity index (χ3v) is 7.41. The fourth-order valence-electron chi connectivity index (χ4n) is 5.27. The summed E-state index contributed by atoms with van der Waals surface area (Å²) in [6.07, 6.45) is -1.14. The summed E-state index contributed by atoms with van der Waals surface area (Å²) in [5, 5.41) is 2.87. The van der Waals surface area contributed by atoms with Gasteiger partial charge in [0, 0.05) is 23.6 Å². The molecular formula is C33H35F2NO4. The minimum atomic E-state index is -2.75. The second-order valence-corrected chi connectivity index (χ2v) is 12.0. The number of esters is 1. The second-order valence-electron chi connectivity index (χ2n) is 12.0. The molecule has 3 aromatic carbocycles. The molecule has 0 saturated heterocycles. The number of fused-ring (bicyclic) bond motifs is 1. The maximum absolute atomic E-state index is 14.1. The molecule has 0 spiro atoms. The van der Waals surface area contributed by atoms with Crippen LogP contribution in [0, 0.1) is 12.3 Å². The molecule has 0 aliphatic carbocycles. The van der Waals surface area contributed by atoms with Crippen molar-refractivity contribution in [1.29, 1.82) is 0 Å². The standard InChI is InChI=1S/C33H35F2NO4/c1-19-17-21-9-7-8-10-22(21)28(23-11-12-24-27-20(14-16-38-24)13-15-36-29(23)27)26(19)25(40-33(5,6)30(34)35)18-39-31(37)32(2,3)4/h7-13,15,17,25,30H,14,16,18H2,1-6H3/t25-/m1/s1. The zero-order chi connectivity index (χ0) is 28.8. The molecule has 4 aromatic rings. The van der Waals surface area contributed by atoms with Crippen molar-refractivity contribution in [2.75, 3.05) is 13.2 Å². The Morgan fingerprint density at radius 2 is 1.82 bits per heavy atom. The number of aryl methyl sites for hydroxylation is 1. The van der Waals surface area contributed by atoms with Crippen LogP contribution in [-0.2, 0) is 20.7 Å². The van der Waals surface area contributed by atoms with Gasteiger partial charge in [-0.25, -0.2) is 8.78 Å². The van der Waals surface area contributed by atoms with Gasteiger partial charge >= 0.3 is 5.97 Å². The van der Waals surface area contributed by atoms with E-state index in [2.05, 4.69) is 0 Å². The van der Waals surface area contributed by atoms with Crippen molar-refractivity contribution in [2.45, 2.75) is 66.1 Å². The van der Waals surface area contributed by atoms with Crippen molar-refractivity contribution < 1.29 is 27.8 Å². The zero-order valence-corrected chi connectivity index (χ0v) is 23.8. The molecule has 210 valence electrons. The fourth-order valence-corrected chi connectivity index (χ4v) is 5.27. The molecule has 1 aliphatic rings. The van der Waals surface area contributed by atoms with Crippen molar-refractivity contribution in [3.8, 4) is 16.9 Å². The van der Waals surface area contributed by atoms with Crippen molar-refractivity contribution in [2.24, 2.45) is 5.41 Å². The van der Waals surface area contributed by atoms with Crippen LogP contribution in [0.15, 0.2) is 54.7 Å². The monoisotopic (exact) mass is 547 g/mol. The van der Waals surface area contributed by atoms with Gasteiger partial charge in [-0.15, -0.1) is 0 Å². The number of hydrogen-bond acceptors (Lipinski definition) is 5. The molecule has 1 aromatic heterocycles. The fraction of sp³-hybridized carbons (Fsp3) is 0.394. The van der Waals surface area contributed by atoms with Gasteiger partial charge in [-0.05, 0) is 92.8 Å². The largest absolute Gasteiger partial charge is 0.493 e. The molecule has 0 N–H and O–H groups in total. The summed E-state index contributed by atoms with van der Waals surface area (Å²) in [5.41, 5.74) is 2.55. The average molecular weight is 548 g/mol. The van der Waals surface area contributed by atoms with Crippen LogP contribution in [0.2, 0.25) is 0 Å². The lowest BCUT2D eigenvalue weighted by molar-refractivity contribution is -0.178. The number of benzene rings is 3. The molecule has 0 radical (unpaired) electrons. The van der Waals surface area contributed by atoms with Crippen molar-refractivity contribution in [3.05, 3.63) is 71.4 Å². The van der Waals surface area contributed by atoms with Crippen molar-refractivity contribution in [3.63, 3.8) is 0 Å². The van der Waals surface area contributed by atoms with E-state index in [4.69, 9.17) is 19.2 Å². The third kappa shape index (κ3) is 5.15. The second kappa shape index (κ2) is 10.4. The summed E-state index contributed by atoms with van der Waals surface area (Å²) in [5.74, 6) is 0.341. The molecule has 0 saturated carbocycles. The quantitative estimate of drug-likeness (QED) is 0.220. The molecule has 1 atom stereocenters. The minimum absolute atomic E-state index is 0.212. The molecule has 40 heavy (non-hydrogen) atoms. The Kier molecular flexibility index (Phi) is 7.29. The highest BCUT2D eigenvalue weighted by molar-refractivity contribution is 6.08. The first-order chi connectivity index (χ1) is 18.9. The summed E-state index contributed by atoms with van der Waals surface area (Å²) in [6.45, 7) is 10.3. The Morgan fingerprint density at radius 3 is 2.55 bits per heavy atom. The Morgan fingerprint density at radius 1 is 1.07 bits per heavy atom. The Balaban J connectivity index is 1.78. The van der Waals surface area contributed by atoms with Gasteiger partial charge in [0.2, 0.25) is 0 Å². The SMILES string of the molecule is Cc1cc2ccccc2c(-c2ccc3c4c(ccnc24)CCO3)c1[C@@H](COC(=O)C(C)(C)C)OC(C)(C)C(F)F. The molecule has 1 aliphatic heterocycles. The summed E-state index contributed by atoms with van der Waals surface area (Å²) < 4.78 is 46.1. The van der Waals surface area contributed by atoms with Gasteiger partial charge in [-0.2, -0.15) is 0 Å². The van der Waals surface area contributed by atoms with Crippen LogP contribution < -0.4 is 4.74 Å². The van der Waals surface area contributed by atoms with E-state index in [1.54, 1.807) is 27.0 Å². The Bertz CT molecular complexity index is 1580. The summed E-state index contributed by atoms with van der Waals surface area (Å²) >= 11 is 0. The van der Waals surface area contributed by atoms with Crippen LogP contribution in [0.1, 0.15) is 57.4 Å². The summed E-state index contributed by atoms with van der Waals surface area (Å²) in [6, 6.07) is 15.9. The average Bonchev–Trinajstić information content (AvgIpc) is 2.90. The normalized spacial score (nSPS) is 14.4. The Labute approximate surface area is 233 Å². The smallest absolute Gasteiger partial charge is 0.311 e. The Hall–Kier alpha value is -3.58. The molecule has 0 amide bonds. The molecule has 0 unspecified atom stereocenters. The summed E-state index contributed by atoms with van der Waals surface area (Å²) in [7, 11) is 0. The lowest BCUT2D eigenvalue weighted by atomic mass is 9.85. The number of alkyl halides is 2. The minimum Gasteiger partial charge on any atom is -0.493 e. The van der Waals surface area contributed by atoms with Gasteiger partial charge in [-0.1, -0.05) is 30.3 Å². The lowest BCUT2D eigenvalue weighted by Gasteiger charge is -2.33. The predicted octanol–water partition coefficient (Wildman–Crippen LogP) is 7.99. The maximum Gasteiger partial charge on any atom is 0.311 e. The number of hydrogen-bond donors (Lipinski definition) is 0. The van der Waals surface area contributed by atoms with E-state index in [9.17, 15) is 13.6 Å². The number of aromatic nitrogens is 1. The molecule has 5 nitrogen and oxygen atoms in total. The van der Waals surface area contributed by atoms with E-state index in [-0.39, 0.29) is 6.61 Å². The van der Waals surface area contributed by atoms with Crippen molar-refractivity contribution >= 4 is 27.6 Å². The number of rotatable bonds is 7. The number of pyridine rings is 1. The first-order valence-corrected chi connectivity index (χ1v) is 13.6. The van der Waals surface area contributed by atoms with Gasteiger partial charge in [0.25, 0.3) is 6.43 Å². The van der Waals surface area contributed by atoms with Gasteiger partial charge < -0.3 is 14.2 Å². The first-order valence-electron chi connectivity index (χ1n) is 13.6. The van der Waals surface area contributed by atoms with E-state index in [0.717, 1.165) is 56.1 Å². The third-order valence-electron chi connectivity index (χ3n) is 7.41. The van der Waals surface area contributed by atoms with Crippen LogP contribution in [0.5, 0.6) is 5.75 Å². The van der Waals surface area contributed by atoms with Gasteiger partial charge in [-0.3, -0.25) is 9.78 Å². The van der Waals surface area contributed by atoms with Gasteiger partial charge in [0.1, 0.15) is 24.1 Å². The number of halogens is 2. The first kappa shape index (κ1) is 28.0. The van der Waals surface area contributed by atoms with Gasteiger partial charge in [0.15, 0.2) is 0 Å². The number of nitrogens with zero attached hydrogens (tertiary/aromatic N) is 1. The van der Waals surface area contributed by atoms with E-state index >= 15 is 0 Å².